The fraction of sp³-hybridized carbons (Fsp3) is 0.0769. The average Bonchev–Trinajstić information content (AvgIpc) is 2.32. The number of pyridine rings is 1. The molecule has 1 heterocycles. The van der Waals surface area contributed by atoms with Crippen LogP contribution in [0.25, 0.3) is 0 Å². The molecule has 1 aromatic carbocycles. The first-order valence-corrected chi connectivity index (χ1v) is 7.73. The summed E-state index contributed by atoms with van der Waals surface area (Å²) in [6.07, 6.45) is 1.61. The Morgan fingerprint density at radius 3 is 2.32 bits per heavy atom. The molecule has 0 aliphatic heterocycles. The summed E-state index contributed by atoms with van der Waals surface area (Å²) >= 11 is 10.0. The molecule has 98 valence electrons. The van der Waals surface area contributed by atoms with E-state index in [9.17, 15) is 4.79 Å². The van der Waals surface area contributed by atoms with E-state index >= 15 is 0 Å². The van der Waals surface area contributed by atoms with Gasteiger partial charge in [-0.05, 0) is 52.7 Å². The van der Waals surface area contributed by atoms with Crippen molar-refractivity contribution in [3.8, 4) is 0 Å². The third-order valence-electron chi connectivity index (χ3n) is 2.40. The van der Waals surface area contributed by atoms with E-state index in [1.165, 1.54) is 0 Å². The van der Waals surface area contributed by atoms with Crippen molar-refractivity contribution >= 4 is 59.4 Å². The van der Waals surface area contributed by atoms with Gasteiger partial charge in [0.1, 0.15) is 4.60 Å². The molecular weight excluding hydrogens is 440 g/mol. The van der Waals surface area contributed by atoms with E-state index in [0.29, 0.717) is 11.3 Å². The number of hydrogen-bond acceptors (Lipinski definition) is 2. The molecule has 0 atom stereocenters. The Labute approximate surface area is 136 Å². The lowest BCUT2D eigenvalue weighted by Gasteiger charge is -2.07. The van der Waals surface area contributed by atoms with Crippen molar-refractivity contribution in [3.05, 3.63) is 55.1 Å². The predicted octanol–water partition coefficient (Wildman–Crippen LogP) is 4.93. The minimum absolute atomic E-state index is 0.175. The lowest BCUT2D eigenvalue weighted by molar-refractivity contribution is 0.102. The zero-order valence-corrected chi connectivity index (χ0v) is 14.6. The molecule has 0 saturated carbocycles. The number of hydrogen-bond donors (Lipinski definition) is 1. The maximum atomic E-state index is 12.1. The number of carbonyl (C=O) groups excluding carboxylic acids is 1. The Kier molecular flexibility index (Phi) is 4.76. The summed E-state index contributed by atoms with van der Waals surface area (Å²) in [5.41, 5.74) is 2.21. The first kappa shape index (κ1) is 14.7. The third kappa shape index (κ3) is 3.87. The second-order valence-corrected chi connectivity index (χ2v) is 6.53. The summed E-state index contributed by atoms with van der Waals surface area (Å²) in [6.45, 7) is 1.92. The highest BCUT2D eigenvalue weighted by Gasteiger charge is 2.09. The van der Waals surface area contributed by atoms with Crippen LogP contribution >= 0.6 is 47.8 Å². The van der Waals surface area contributed by atoms with Gasteiger partial charge in [0.15, 0.2) is 0 Å². The van der Waals surface area contributed by atoms with Crippen LogP contribution in [0.5, 0.6) is 0 Å². The summed E-state index contributed by atoms with van der Waals surface area (Å²) in [6, 6.07) is 7.27. The number of benzene rings is 1. The molecule has 0 spiro atoms. The Morgan fingerprint density at radius 1 is 1.11 bits per heavy atom. The summed E-state index contributed by atoms with van der Waals surface area (Å²) in [5.74, 6) is -0.175. The zero-order chi connectivity index (χ0) is 14.0. The predicted molar refractivity (Wildman–Crippen MR) is 86.5 cm³/mol. The number of nitrogens with zero attached hydrogens (tertiary/aromatic N) is 1. The number of amides is 1. The van der Waals surface area contributed by atoms with Gasteiger partial charge in [-0.2, -0.15) is 0 Å². The van der Waals surface area contributed by atoms with Crippen LogP contribution in [-0.4, -0.2) is 10.9 Å². The molecule has 1 amide bonds. The van der Waals surface area contributed by atoms with E-state index in [1.54, 1.807) is 18.3 Å². The maximum absolute atomic E-state index is 12.1. The number of nitrogens with one attached hydrogen (secondary N) is 1. The van der Waals surface area contributed by atoms with Gasteiger partial charge in [-0.25, -0.2) is 4.98 Å². The number of anilines is 1. The number of carbonyl (C=O) groups is 1. The number of rotatable bonds is 2. The molecular formula is C13H9Br3N2O. The van der Waals surface area contributed by atoms with Crippen molar-refractivity contribution in [1.82, 2.24) is 4.98 Å². The quantitative estimate of drug-likeness (QED) is 0.662. The first-order chi connectivity index (χ1) is 8.95. The van der Waals surface area contributed by atoms with E-state index in [0.717, 1.165) is 19.1 Å². The Hall–Kier alpha value is -0.720. The van der Waals surface area contributed by atoms with Crippen LogP contribution < -0.4 is 5.32 Å². The van der Waals surface area contributed by atoms with Crippen LogP contribution in [0.2, 0.25) is 0 Å². The second-order valence-electron chi connectivity index (χ2n) is 3.94. The monoisotopic (exact) mass is 446 g/mol. The Morgan fingerprint density at radius 2 is 1.74 bits per heavy atom. The molecule has 0 bridgehead atoms. The van der Waals surface area contributed by atoms with Crippen LogP contribution in [-0.2, 0) is 0 Å². The molecule has 3 nitrogen and oxygen atoms in total. The molecule has 0 fully saturated rings. The molecule has 2 rings (SSSR count). The van der Waals surface area contributed by atoms with Gasteiger partial charge in [0.2, 0.25) is 0 Å². The molecule has 6 heteroatoms. The molecule has 1 N–H and O–H groups in total. The zero-order valence-electron chi connectivity index (χ0n) is 9.88. The average molecular weight is 449 g/mol. The maximum Gasteiger partial charge on any atom is 0.255 e. The number of aryl methyl sites for hydroxylation is 1. The van der Waals surface area contributed by atoms with Gasteiger partial charge >= 0.3 is 0 Å². The van der Waals surface area contributed by atoms with Crippen LogP contribution in [0, 0.1) is 6.92 Å². The van der Waals surface area contributed by atoms with Gasteiger partial charge < -0.3 is 5.32 Å². The van der Waals surface area contributed by atoms with E-state index < -0.39 is 0 Å². The number of aromatic nitrogens is 1. The van der Waals surface area contributed by atoms with Gasteiger partial charge in [-0.15, -0.1) is 0 Å². The van der Waals surface area contributed by atoms with Gasteiger partial charge in [0, 0.05) is 14.5 Å². The summed E-state index contributed by atoms with van der Waals surface area (Å²) in [4.78, 5) is 16.3. The largest absolute Gasteiger partial charge is 0.321 e. The van der Waals surface area contributed by atoms with Gasteiger partial charge in [0.05, 0.1) is 11.9 Å². The van der Waals surface area contributed by atoms with Crippen molar-refractivity contribution in [2.75, 3.05) is 5.32 Å². The van der Waals surface area contributed by atoms with Crippen molar-refractivity contribution in [2.24, 2.45) is 0 Å². The standard InChI is InChI=1S/C13H9Br3N2O/c1-7-2-11(6-17-12(7)16)18-13(19)8-3-9(14)5-10(15)4-8/h2-6H,1H3,(H,18,19). The van der Waals surface area contributed by atoms with Crippen molar-refractivity contribution in [1.29, 1.82) is 0 Å². The highest BCUT2D eigenvalue weighted by molar-refractivity contribution is 9.11. The Bertz CT molecular complexity index is 624. The van der Waals surface area contributed by atoms with Crippen LogP contribution in [0.3, 0.4) is 0 Å². The summed E-state index contributed by atoms with van der Waals surface area (Å²) < 4.78 is 2.46. The number of halogens is 3. The van der Waals surface area contributed by atoms with E-state index in [1.807, 2.05) is 19.1 Å². The lowest BCUT2D eigenvalue weighted by Crippen LogP contribution is -2.12. The normalized spacial score (nSPS) is 10.3. The fourth-order valence-electron chi connectivity index (χ4n) is 1.51. The molecule has 1 aromatic heterocycles. The first-order valence-electron chi connectivity index (χ1n) is 5.35. The topological polar surface area (TPSA) is 42.0 Å². The highest BCUT2D eigenvalue weighted by atomic mass is 79.9. The van der Waals surface area contributed by atoms with Crippen LogP contribution in [0.4, 0.5) is 5.69 Å². The molecule has 2 aromatic rings. The Balaban J connectivity index is 2.22. The van der Waals surface area contributed by atoms with Crippen molar-refractivity contribution in [3.63, 3.8) is 0 Å². The van der Waals surface area contributed by atoms with Crippen LogP contribution in [0.1, 0.15) is 15.9 Å². The van der Waals surface area contributed by atoms with E-state index in [4.69, 9.17) is 0 Å². The SMILES string of the molecule is Cc1cc(NC(=O)c2cc(Br)cc(Br)c2)cnc1Br. The molecule has 19 heavy (non-hydrogen) atoms. The third-order valence-corrected chi connectivity index (χ3v) is 4.14. The minimum atomic E-state index is -0.175. The summed E-state index contributed by atoms with van der Waals surface area (Å²) in [7, 11) is 0. The minimum Gasteiger partial charge on any atom is -0.321 e. The molecule has 0 aliphatic carbocycles. The van der Waals surface area contributed by atoms with E-state index in [-0.39, 0.29) is 5.91 Å². The smallest absolute Gasteiger partial charge is 0.255 e. The van der Waals surface area contributed by atoms with Gasteiger partial charge in [-0.3, -0.25) is 4.79 Å². The van der Waals surface area contributed by atoms with E-state index in [2.05, 4.69) is 58.1 Å². The van der Waals surface area contributed by atoms with Crippen molar-refractivity contribution < 1.29 is 4.79 Å². The summed E-state index contributed by atoms with van der Waals surface area (Å²) in [5, 5.41) is 2.82. The molecule has 0 saturated heterocycles. The second kappa shape index (κ2) is 6.15. The van der Waals surface area contributed by atoms with Crippen LogP contribution in [0.15, 0.2) is 44.0 Å². The molecule has 0 radical (unpaired) electrons. The highest BCUT2D eigenvalue weighted by Crippen LogP contribution is 2.22. The molecule has 0 unspecified atom stereocenters. The van der Waals surface area contributed by atoms with Gasteiger partial charge in [-0.1, -0.05) is 31.9 Å². The fourth-order valence-corrected chi connectivity index (χ4v) is 3.03. The van der Waals surface area contributed by atoms with Crippen molar-refractivity contribution in [2.45, 2.75) is 6.92 Å². The molecule has 0 aliphatic rings. The lowest BCUT2D eigenvalue weighted by atomic mass is 10.2. The van der Waals surface area contributed by atoms with Gasteiger partial charge in [0.25, 0.3) is 5.91 Å².